The Balaban J connectivity index is 1.53. The molecule has 1 unspecified atom stereocenters. The van der Waals surface area contributed by atoms with Gasteiger partial charge in [0, 0.05) is 49.5 Å². The smallest absolute Gasteiger partial charge is 0.422 e. The van der Waals surface area contributed by atoms with E-state index in [9.17, 15) is 28.3 Å². The average molecular weight is 639 g/mol. The van der Waals surface area contributed by atoms with E-state index in [4.69, 9.17) is 14.2 Å². The number of alkyl halides is 3. The third-order valence-electron chi connectivity index (χ3n) is 7.88. The Morgan fingerprint density at radius 3 is 2.57 bits per heavy atom. The summed E-state index contributed by atoms with van der Waals surface area (Å²) in [5, 5.41) is 21.1. The molecule has 0 aliphatic carbocycles. The van der Waals surface area contributed by atoms with Crippen LogP contribution in [0.3, 0.4) is 0 Å². The minimum absolute atomic E-state index is 0.0851. The number of allylic oxidation sites excluding steroid dienone is 2. The quantitative estimate of drug-likeness (QED) is 0.146. The van der Waals surface area contributed by atoms with Gasteiger partial charge in [-0.3, -0.25) is 14.7 Å². The number of β-amino-alcohol motifs (C(OH)–C–C–N with tert-alkyl or cyclic N) is 1. The summed E-state index contributed by atoms with van der Waals surface area (Å²) in [6.07, 6.45) is -0.0911. The van der Waals surface area contributed by atoms with Crippen molar-refractivity contribution in [1.82, 2.24) is 9.47 Å². The van der Waals surface area contributed by atoms with E-state index in [0.717, 1.165) is 0 Å². The molecule has 2 heterocycles. The van der Waals surface area contributed by atoms with Gasteiger partial charge in [-0.05, 0) is 68.0 Å². The fourth-order valence-electron chi connectivity index (χ4n) is 5.57. The number of fused-ring (bicyclic) bond motifs is 1. The van der Waals surface area contributed by atoms with Crippen LogP contribution in [0.5, 0.6) is 11.5 Å². The summed E-state index contributed by atoms with van der Waals surface area (Å²) in [7, 11) is 1.49. The molecule has 1 N–H and O–H groups in total. The first-order valence-electron chi connectivity index (χ1n) is 14.8. The second kappa shape index (κ2) is 14.7. The van der Waals surface area contributed by atoms with Gasteiger partial charge in [0.05, 0.1) is 37.3 Å². The third kappa shape index (κ3) is 7.78. The van der Waals surface area contributed by atoms with Gasteiger partial charge in [-0.1, -0.05) is 18.7 Å². The second-order valence-corrected chi connectivity index (χ2v) is 11.1. The average Bonchev–Trinajstić information content (AvgIpc) is 3.38. The van der Waals surface area contributed by atoms with Crippen LogP contribution in [0.1, 0.15) is 36.5 Å². The highest BCUT2D eigenvalue weighted by molar-refractivity contribution is 5.86. The number of nitrogens with zero attached hydrogens (tertiary/aromatic N) is 4. The molecule has 1 atom stereocenters. The lowest BCUT2D eigenvalue weighted by atomic mass is 9.90. The van der Waals surface area contributed by atoms with E-state index in [1.54, 1.807) is 40.7 Å². The first-order chi connectivity index (χ1) is 21.9. The Labute approximate surface area is 265 Å². The Hall–Kier alpha value is -4.60. The van der Waals surface area contributed by atoms with E-state index in [1.165, 1.54) is 37.7 Å². The fourth-order valence-corrected chi connectivity index (χ4v) is 5.57. The van der Waals surface area contributed by atoms with Crippen molar-refractivity contribution in [2.24, 2.45) is 4.99 Å². The molecule has 0 amide bonds. The zero-order valence-corrected chi connectivity index (χ0v) is 25.8. The molecule has 12 heteroatoms. The largest absolute Gasteiger partial charge is 0.493 e. The van der Waals surface area contributed by atoms with Gasteiger partial charge >= 0.3 is 12.1 Å². The molecule has 1 fully saturated rings. The number of aliphatic hydroxyl groups is 1. The number of halogens is 3. The van der Waals surface area contributed by atoms with Crippen molar-refractivity contribution in [1.29, 1.82) is 5.26 Å². The van der Waals surface area contributed by atoms with Crippen LogP contribution in [-0.2, 0) is 28.1 Å². The van der Waals surface area contributed by atoms with Gasteiger partial charge in [0.15, 0.2) is 11.5 Å². The Morgan fingerprint density at radius 1 is 1.20 bits per heavy atom. The zero-order valence-electron chi connectivity index (χ0n) is 25.8. The van der Waals surface area contributed by atoms with Crippen molar-refractivity contribution >= 4 is 23.6 Å². The lowest BCUT2D eigenvalue weighted by Gasteiger charge is -2.39. The molecule has 1 aromatic heterocycles. The highest BCUT2D eigenvalue weighted by Gasteiger charge is 2.57. The second-order valence-electron chi connectivity index (χ2n) is 11.1. The number of hydrogen-bond acceptors (Lipinski definition) is 8. The van der Waals surface area contributed by atoms with Gasteiger partial charge < -0.3 is 23.9 Å². The van der Waals surface area contributed by atoms with Crippen molar-refractivity contribution in [3.05, 3.63) is 83.7 Å². The van der Waals surface area contributed by atoms with Crippen molar-refractivity contribution < 1.29 is 37.3 Å². The summed E-state index contributed by atoms with van der Waals surface area (Å²) in [6.45, 7) is 9.24. The first kappa shape index (κ1) is 34.3. The molecule has 0 saturated carbocycles. The maximum atomic E-state index is 14.8. The van der Waals surface area contributed by atoms with Crippen LogP contribution in [0, 0.1) is 11.3 Å². The molecule has 9 nitrogen and oxygen atoms in total. The van der Waals surface area contributed by atoms with Crippen molar-refractivity contribution in [2.75, 3.05) is 33.4 Å². The van der Waals surface area contributed by atoms with Gasteiger partial charge in [0.25, 0.3) is 0 Å². The topological polar surface area (TPSA) is 109 Å². The monoisotopic (exact) mass is 638 g/mol. The number of carbonyl (C=O) groups excluding carboxylic acids is 1. The summed E-state index contributed by atoms with van der Waals surface area (Å²) in [5.74, 6) is 0.542. The number of esters is 1. The van der Waals surface area contributed by atoms with E-state index in [0.29, 0.717) is 41.0 Å². The number of methoxy groups -OCH3 is 1. The van der Waals surface area contributed by atoms with Crippen LogP contribution < -0.4 is 9.47 Å². The lowest BCUT2D eigenvalue weighted by molar-refractivity contribution is -0.272. The van der Waals surface area contributed by atoms with Crippen LogP contribution in [0.2, 0.25) is 0 Å². The Kier molecular flexibility index (Phi) is 10.9. The number of piperidine rings is 1. The number of rotatable bonds is 13. The highest BCUT2D eigenvalue weighted by Crippen LogP contribution is 2.44. The number of aromatic nitrogens is 1. The number of carbonyl (C=O) groups is 1. The van der Waals surface area contributed by atoms with E-state index in [2.05, 4.69) is 18.3 Å². The van der Waals surface area contributed by atoms with E-state index in [1.807, 2.05) is 6.07 Å². The van der Waals surface area contributed by atoms with Crippen molar-refractivity contribution in [2.45, 2.75) is 50.6 Å². The predicted molar refractivity (Wildman–Crippen MR) is 168 cm³/mol. The molecule has 0 radical (unpaired) electrons. The van der Waals surface area contributed by atoms with Gasteiger partial charge in [-0.15, -0.1) is 0 Å². The standard InChI is InChI=1S/C34H37F3N4O5/c1-5-45-32(42)18-24-7-9-30(31(17-24)44-4)46-26-11-14-40(15-12-26)22-33(43,34(35,36)37)28-21-41(20-23(2)10-13-39-3)29-16-25(19-38)6-8-27(28)29/h6-10,13,16-17,21,26,43H,2-3,5,11-12,14-15,18,20,22H2,1,4H3/b13-10-. The summed E-state index contributed by atoms with van der Waals surface area (Å²) in [4.78, 5) is 17.1. The number of nitriles is 1. The molecular formula is C34H37F3N4O5. The predicted octanol–water partition coefficient (Wildman–Crippen LogP) is 5.69. The SMILES string of the molecule is C=N/C=C\C(=C)Cn1cc(C(O)(CN2CCC(Oc3ccc(CC(=O)OCC)cc3OC)CC2)C(F)(F)F)c2ccc(C#N)cc21. The van der Waals surface area contributed by atoms with Crippen molar-refractivity contribution in [3.63, 3.8) is 0 Å². The van der Waals surface area contributed by atoms with Gasteiger partial charge in [-0.25, -0.2) is 0 Å². The molecular weight excluding hydrogens is 601 g/mol. The van der Waals surface area contributed by atoms with Crippen LogP contribution in [-0.4, -0.2) is 72.9 Å². The number of ether oxygens (including phenoxy) is 3. The van der Waals surface area contributed by atoms with Crippen LogP contribution in [0.25, 0.3) is 10.9 Å². The van der Waals surface area contributed by atoms with E-state index >= 15 is 0 Å². The Bertz CT molecular complexity index is 1650. The molecule has 0 spiro atoms. The third-order valence-corrected chi connectivity index (χ3v) is 7.88. The highest BCUT2D eigenvalue weighted by atomic mass is 19.4. The van der Waals surface area contributed by atoms with Gasteiger partial charge in [0.1, 0.15) is 6.10 Å². The summed E-state index contributed by atoms with van der Waals surface area (Å²) < 4.78 is 62.6. The minimum Gasteiger partial charge on any atom is -0.493 e. The fraction of sp³-hybridized carbons (Fsp3) is 0.382. The number of benzene rings is 2. The number of likely N-dealkylation sites (tertiary alicyclic amines) is 1. The van der Waals surface area contributed by atoms with Crippen LogP contribution in [0.15, 0.2) is 72.0 Å². The van der Waals surface area contributed by atoms with E-state index in [-0.39, 0.29) is 61.2 Å². The molecule has 1 saturated heterocycles. The van der Waals surface area contributed by atoms with E-state index < -0.39 is 18.3 Å². The molecule has 4 rings (SSSR count). The molecule has 2 aromatic carbocycles. The summed E-state index contributed by atoms with van der Waals surface area (Å²) >= 11 is 0. The molecule has 1 aliphatic heterocycles. The van der Waals surface area contributed by atoms with Crippen LogP contribution in [0.4, 0.5) is 13.2 Å². The molecule has 244 valence electrons. The summed E-state index contributed by atoms with van der Waals surface area (Å²) in [5.41, 5.74) is -1.62. The maximum absolute atomic E-state index is 14.8. The van der Waals surface area contributed by atoms with Gasteiger partial charge in [-0.2, -0.15) is 18.4 Å². The molecule has 1 aliphatic rings. The van der Waals surface area contributed by atoms with Crippen LogP contribution >= 0.6 is 0 Å². The maximum Gasteiger partial charge on any atom is 0.422 e. The summed E-state index contributed by atoms with van der Waals surface area (Å²) in [6, 6.07) is 11.5. The van der Waals surface area contributed by atoms with Gasteiger partial charge in [0.2, 0.25) is 5.60 Å². The Morgan fingerprint density at radius 2 is 1.93 bits per heavy atom. The number of aliphatic imine (C=N–C) groups is 1. The zero-order chi connectivity index (χ0) is 33.5. The number of hydrogen-bond donors (Lipinski definition) is 1. The molecule has 0 bridgehead atoms. The molecule has 46 heavy (non-hydrogen) atoms. The molecule has 3 aromatic rings. The minimum atomic E-state index is -5.00. The normalized spacial score (nSPS) is 15.8. The van der Waals surface area contributed by atoms with Crippen molar-refractivity contribution in [3.8, 4) is 17.6 Å². The lowest BCUT2D eigenvalue weighted by Crippen LogP contribution is -2.53. The first-order valence-corrected chi connectivity index (χ1v) is 14.8.